The third kappa shape index (κ3) is 3.82. The Kier molecular flexibility index (Phi) is 4.12. The minimum atomic E-state index is 0.114. The lowest BCUT2D eigenvalue weighted by Gasteiger charge is -2.09. The van der Waals surface area contributed by atoms with Crippen LogP contribution >= 0.6 is 0 Å². The van der Waals surface area contributed by atoms with Crippen LogP contribution in [0.2, 0.25) is 0 Å². The molecule has 3 aromatic rings. The maximum absolute atomic E-state index is 11.9. The van der Waals surface area contributed by atoms with Crippen LogP contribution in [0.4, 0.5) is 11.5 Å². The summed E-state index contributed by atoms with van der Waals surface area (Å²) in [5.74, 6) is 1.63. The Morgan fingerprint density at radius 2 is 2.16 bits per heavy atom. The summed E-state index contributed by atoms with van der Waals surface area (Å²) < 4.78 is 1.66. The second kappa shape index (κ2) is 6.72. The number of nitrogens with zero attached hydrogens (tertiary/aromatic N) is 4. The highest BCUT2D eigenvalue weighted by Crippen LogP contribution is 2.30. The molecule has 1 amide bonds. The van der Waals surface area contributed by atoms with Gasteiger partial charge in [-0.25, -0.2) is 9.67 Å². The first-order valence-electron chi connectivity index (χ1n) is 8.24. The van der Waals surface area contributed by atoms with E-state index < -0.39 is 0 Å². The van der Waals surface area contributed by atoms with Gasteiger partial charge in [0.25, 0.3) is 0 Å². The van der Waals surface area contributed by atoms with E-state index in [1.54, 1.807) is 23.3 Å². The Hall–Kier alpha value is -3.22. The maximum atomic E-state index is 11.9. The van der Waals surface area contributed by atoms with Crippen LogP contribution in [0.1, 0.15) is 18.4 Å². The zero-order chi connectivity index (χ0) is 17.1. The molecule has 1 aliphatic rings. The summed E-state index contributed by atoms with van der Waals surface area (Å²) in [6.45, 7) is 0.588. The van der Waals surface area contributed by atoms with Crippen molar-refractivity contribution in [3.05, 3.63) is 60.7 Å². The molecule has 7 heteroatoms. The summed E-state index contributed by atoms with van der Waals surface area (Å²) >= 11 is 0. The van der Waals surface area contributed by atoms with Gasteiger partial charge in [-0.3, -0.25) is 9.78 Å². The van der Waals surface area contributed by atoms with Crippen molar-refractivity contribution < 1.29 is 4.79 Å². The van der Waals surface area contributed by atoms with Crippen LogP contribution in [0, 0.1) is 5.92 Å². The molecule has 0 aliphatic heterocycles. The zero-order valence-electron chi connectivity index (χ0n) is 13.6. The summed E-state index contributed by atoms with van der Waals surface area (Å²) in [5.41, 5.74) is 1.88. The molecule has 7 nitrogen and oxygen atoms in total. The fraction of sp³-hybridized carbons (Fsp3) is 0.222. The number of benzene rings is 1. The normalized spacial score (nSPS) is 13.4. The van der Waals surface area contributed by atoms with Crippen molar-refractivity contribution in [1.29, 1.82) is 0 Å². The van der Waals surface area contributed by atoms with Crippen molar-refractivity contribution in [1.82, 2.24) is 19.7 Å². The lowest BCUT2D eigenvalue weighted by atomic mass is 10.2. The molecule has 1 aromatic carbocycles. The molecule has 126 valence electrons. The van der Waals surface area contributed by atoms with Crippen LogP contribution in [-0.2, 0) is 11.3 Å². The molecule has 0 unspecified atom stereocenters. The molecule has 1 aliphatic carbocycles. The molecule has 2 heterocycles. The molecule has 2 aromatic heterocycles. The molecular formula is C18H18N6O. The van der Waals surface area contributed by atoms with Gasteiger partial charge in [-0.1, -0.05) is 12.1 Å². The predicted octanol–water partition coefficient (Wildman–Crippen LogP) is 2.62. The van der Waals surface area contributed by atoms with Gasteiger partial charge in [0.15, 0.2) is 5.82 Å². The number of carbonyl (C=O) groups excluding carboxylic acids is 1. The van der Waals surface area contributed by atoms with Gasteiger partial charge in [-0.05, 0) is 36.6 Å². The Labute approximate surface area is 145 Å². The number of hydrogen-bond donors (Lipinski definition) is 2. The SMILES string of the molecule is O=C(Nc1cccc(CNc2cncc(-n3cccn3)n2)c1)C1CC1. The topological polar surface area (TPSA) is 84.7 Å². The number of anilines is 2. The van der Waals surface area contributed by atoms with Gasteiger partial charge in [-0.15, -0.1) is 0 Å². The molecule has 25 heavy (non-hydrogen) atoms. The highest BCUT2D eigenvalue weighted by atomic mass is 16.2. The molecule has 4 rings (SSSR count). The Morgan fingerprint density at radius 1 is 1.24 bits per heavy atom. The van der Waals surface area contributed by atoms with E-state index in [1.807, 2.05) is 36.5 Å². The number of hydrogen-bond acceptors (Lipinski definition) is 5. The number of aromatic nitrogens is 4. The Morgan fingerprint density at radius 3 is 2.96 bits per heavy atom. The smallest absolute Gasteiger partial charge is 0.227 e. The number of amides is 1. The van der Waals surface area contributed by atoms with Crippen LogP contribution in [-0.4, -0.2) is 25.7 Å². The number of nitrogens with one attached hydrogen (secondary N) is 2. The first-order valence-corrected chi connectivity index (χ1v) is 8.24. The second-order valence-electron chi connectivity index (χ2n) is 6.03. The van der Waals surface area contributed by atoms with E-state index in [9.17, 15) is 4.79 Å². The molecular weight excluding hydrogens is 316 g/mol. The van der Waals surface area contributed by atoms with E-state index in [1.165, 1.54) is 0 Å². The summed E-state index contributed by atoms with van der Waals surface area (Å²) in [4.78, 5) is 20.5. The van der Waals surface area contributed by atoms with Crippen molar-refractivity contribution in [2.75, 3.05) is 10.6 Å². The summed E-state index contributed by atoms with van der Waals surface area (Å²) in [5, 5.41) is 10.4. The highest BCUT2D eigenvalue weighted by Gasteiger charge is 2.29. The molecule has 0 saturated heterocycles. The average Bonchev–Trinajstić information content (AvgIpc) is 3.35. The molecule has 0 radical (unpaired) electrons. The van der Waals surface area contributed by atoms with Crippen molar-refractivity contribution in [2.24, 2.45) is 5.92 Å². The van der Waals surface area contributed by atoms with E-state index in [4.69, 9.17) is 0 Å². The van der Waals surface area contributed by atoms with Gasteiger partial charge in [-0.2, -0.15) is 5.10 Å². The van der Waals surface area contributed by atoms with E-state index in [2.05, 4.69) is 25.7 Å². The summed E-state index contributed by atoms with van der Waals surface area (Å²) in [6.07, 6.45) is 8.84. The third-order valence-corrected chi connectivity index (χ3v) is 3.98. The van der Waals surface area contributed by atoms with Gasteiger partial charge in [0.1, 0.15) is 5.82 Å². The van der Waals surface area contributed by atoms with Gasteiger partial charge in [0.2, 0.25) is 5.91 Å². The lowest BCUT2D eigenvalue weighted by Crippen LogP contribution is -2.13. The van der Waals surface area contributed by atoms with Crippen LogP contribution in [0.25, 0.3) is 5.82 Å². The first-order chi connectivity index (χ1) is 12.3. The summed E-state index contributed by atoms with van der Waals surface area (Å²) in [6, 6.07) is 9.65. The van der Waals surface area contributed by atoms with E-state index >= 15 is 0 Å². The van der Waals surface area contributed by atoms with E-state index in [-0.39, 0.29) is 11.8 Å². The second-order valence-corrected chi connectivity index (χ2v) is 6.03. The van der Waals surface area contributed by atoms with Gasteiger partial charge >= 0.3 is 0 Å². The maximum Gasteiger partial charge on any atom is 0.227 e. The van der Waals surface area contributed by atoms with Crippen LogP contribution in [0.15, 0.2) is 55.1 Å². The van der Waals surface area contributed by atoms with Crippen molar-refractivity contribution in [2.45, 2.75) is 19.4 Å². The molecule has 1 fully saturated rings. The van der Waals surface area contributed by atoms with Gasteiger partial charge < -0.3 is 10.6 Å². The lowest BCUT2D eigenvalue weighted by molar-refractivity contribution is -0.117. The standard InChI is InChI=1S/C18H18N6O/c25-18(14-5-6-14)22-15-4-1-3-13(9-15)10-20-16-11-19-12-17(23-16)24-8-2-7-21-24/h1-4,7-9,11-12,14H,5-6,10H2,(H,20,23)(H,22,25). The average molecular weight is 334 g/mol. The molecule has 0 spiro atoms. The first kappa shape index (κ1) is 15.3. The van der Waals surface area contributed by atoms with Crippen molar-refractivity contribution >= 4 is 17.4 Å². The van der Waals surface area contributed by atoms with Crippen LogP contribution < -0.4 is 10.6 Å². The van der Waals surface area contributed by atoms with Crippen molar-refractivity contribution in [3.8, 4) is 5.82 Å². The highest BCUT2D eigenvalue weighted by molar-refractivity contribution is 5.94. The fourth-order valence-corrected chi connectivity index (χ4v) is 2.50. The number of rotatable bonds is 6. The Balaban J connectivity index is 1.41. The van der Waals surface area contributed by atoms with Crippen LogP contribution in [0.5, 0.6) is 0 Å². The predicted molar refractivity (Wildman–Crippen MR) is 94.3 cm³/mol. The molecule has 2 N–H and O–H groups in total. The Bertz CT molecular complexity index is 873. The summed E-state index contributed by atoms with van der Waals surface area (Å²) in [7, 11) is 0. The number of carbonyl (C=O) groups is 1. The molecule has 0 atom stereocenters. The largest absolute Gasteiger partial charge is 0.365 e. The minimum absolute atomic E-state index is 0.114. The molecule has 1 saturated carbocycles. The van der Waals surface area contributed by atoms with E-state index in [0.29, 0.717) is 18.2 Å². The van der Waals surface area contributed by atoms with Crippen molar-refractivity contribution in [3.63, 3.8) is 0 Å². The minimum Gasteiger partial charge on any atom is -0.365 e. The zero-order valence-corrected chi connectivity index (χ0v) is 13.6. The monoisotopic (exact) mass is 334 g/mol. The third-order valence-electron chi connectivity index (χ3n) is 3.98. The molecule has 0 bridgehead atoms. The quantitative estimate of drug-likeness (QED) is 0.724. The fourth-order valence-electron chi connectivity index (χ4n) is 2.50. The van der Waals surface area contributed by atoms with Crippen LogP contribution in [0.3, 0.4) is 0 Å². The van der Waals surface area contributed by atoms with Gasteiger partial charge in [0, 0.05) is 30.5 Å². The van der Waals surface area contributed by atoms with E-state index in [0.717, 1.165) is 24.1 Å². The van der Waals surface area contributed by atoms with Gasteiger partial charge in [0.05, 0.1) is 12.4 Å².